The molecule has 36 heavy (non-hydrogen) atoms. The van der Waals surface area contributed by atoms with Gasteiger partial charge in [0.2, 0.25) is 0 Å². The van der Waals surface area contributed by atoms with Gasteiger partial charge in [-0.1, -0.05) is 12.2 Å². The zero-order valence-corrected chi connectivity index (χ0v) is 21.6. The van der Waals surface area contributed by atoms with Crippen LogP contribution in [0.1, 0.15) is 69.9 Å². The lowest BCUT2D eigenvalue weighted by Gasteiger charge is -2.23. The molecule has 0 radical (unpaired) electrons. The number of thiophene rings is 1. The number of carbonyl (C=O) groups excluding carboxylic acids is 2. The Labute approximate surface area is 217 Å². The van der Waals surface area contributed by atoms with Crippen molar-refractivity contribution in [3.8, 4) is 0 Å². The quantitative estimate of drug-likeness (QED) is 0.418. The Hall–Kier alpha value is -2.27. The number of nitrogens with zero attached hydrogens (tertiary/aromatic N) is 2. The summed E-state index contributed by atoms with van der Waals surface area (Å²) in [6.07, 6.45) is 1.77. The topological polar surface area (TPSA) is 76.0 Å². The van der Waals surface area contributed by atoms with Gasteiger partial charge in [0.05, 0.1) is 16.5 Å². The maximum Gasteiger partial charge on any atom is 0.282 e. The fraction of sp³-hybridized carbons (Fsp3) is 0.600. The lowest BCUT2D eigenvalue weighted by Crippen LogP contribution is -2.28. The highest BCUT2D eigenvalue weighted by molar-refractivity contribution is 7.80. The Bertz CT molecular complexity index is 1190. The standard InChI is InChI=1S/C25H29F3N4O2S2/c1-32-21(9-17(31-32)24(27)28)30-22(35)7-13-4-5-19-15(6-13)23(25(34)29-11-12-2-3-12)20(36-19)10-18(33)14-8-16(14)26/h9,12-14,16,24H,2-8,10-11H2,1H3,(H,29,34)(H,30,35)/t13-,14-,16-/m0/s1. The number of aromatic nitrogens is 2. The molecule has 3 aliphatic carbocycles. The maximum absolute atomic E-state index is 13.5. The monoisotopic (exact) mass is 538 g/mol. The predicted molar refractivity (Wildman–Crippen MR) is 136 cm³/mol. The van der Waals surface area contributed by atoms with Crippen molar-refractivity contribution in [2.75, 3.05) is 11.9 Å². The van der Waals surface area contributed by atoms with Crippen molar-refractivity contribution >= 4 is 46.1 Å². The van der Waals surface area contributed by atoms with Crippen molar-refractivity contribution in [2.45, 2.75) is 64.0 Å². The Morgan fingerprint density at radius 2 is 2.03 bits per heavy atom. The van der Waals surface area contributed by atoms with Crippen molar-refractivity contribution in [1.29, 1.82) is 0 Å². The zero-order chi connectivity index (χ0) is 25.6. The van der Waals surface area contributed by atoms with Crippen LogP contribution in [0.15, 0.2) is 6.07 Å². The van der Waals surface area contributed by atoms with Crippen LogP contribution in [-0.2, 0) is 31.1 Å². The first-order valence-corrected chi connectivity index (χ1v) is 13.6. The van der Waals surface area contributed by atoms with Crippen LogP contribution in [0.3, 0.4) is 0 Å². The molecule has 1 amide bonds. The van der Waals surface area contributed by atoms with Gasteiger partial charge in [-0.25, -0.2) is 13.2 Å². The van der Waals surface area contributed by atoms with Crippen LogP contribution in [0.4, 0.5) is 19.0 Å². The second kappa shape index (κ2) is 10.2. The van der Waals surface area contributed by atoms with E-state index in [1.54, 1.807) is 7.05 Å². The van der Waals surface area contributed by atoms with E-state index in [0.717, 1.165) is 41.0 Å². The van der Waals surface area contributed by atoms with Crippen LogP contribution in [0, 0.1) is 17.8 Å². The predicted octanol–water partition coefficient (Wildman–Crippen LogP) is 4.96. The molecule has 194 valence electrons. The smallest absolute Gasteiger partial charge is 0.282 e. The van der Waals surface area contributed by atoms with E-state index >= 15 is 0 Å². The minimum atomic E-state index is -2.66. The minimum Gasteiger partial charge on any atom is -0.352 e. The molecule has 2 N–H and O–H groups in total. The van der Waals surface area contributed by atoms with Gasteiger partial charge in [0.1, 0.15) is 23.5 Å². The average molecular weight is 539 g/mol. The normalized spacial score (nSPS) is 22.9. The molecule has 3 atom stereocenters. The van der Waals surface area contributed by atoms with E-state index in [1.165, 1.54) is 22.1 Å². The second-order valence-electron chi connectivity index (χ2n) is 10.2. The van der Waals surface area contributed by atoms with Crippen LogP contribution >= 0.6 is 23.6 Å². The Morgan fingerprint density at radius 3 is 2.67 bits per heavy atom. The van der Waals surface area contributed by atoms with Crippen LogP contribution in [0.25, 0.3) is 0 Å². The molecule has 0 unspecified atom stereocenters. The molecule has 6 nitrogen and oxygen atoms in total. The first-order valence-electron chi connectivity index (χ1n) is 12.4. The van der Waals surface area contributed by atoms with Gasteiger partial charge >= 0.3 is 0 Å². The number of anilines is 1. The third-order valence-corrected chi connectivity index (χ3v) is 8.80. The van der Waals surface area contributed by atoms with E-state index in [0.29, 0.717) is 41.7 Å². The number of Topliss-reactive ketones (excluding diaryl/α,β-unsaturated/α-hetero) is 1. The second-order valence-corrected chi connectivity index (χ2v) is 11.9. The molecule has 0 aliphatic heterocycles. The maximum atomic E-state index is 13.5. The van der Waals surface area contributed by atoms with Crippen molar-refractivity contribution in [3.05, 3.63) is 32.6 Å². The van der Waals surface area contributed by atoms with Gasteiger partial charge in [0.15, 0.2) is 0 Å². The molecule has 2 saturated carbocycles. The Morgan fingerprint density at radius 1 is 1.28 bits per heavy atom. The van der Waals surface area contributed by atoms with E-state index in [2.05, 4.69) is 15.7 Å². The molecule has 3 aliphatic rings. The number of thiocarbonyl (C=S) groups is 1. The summed E-state index contributed by atoms with van der Waals surface area (Å²) in [6, 6.07) is 1.29. The van der Waals surface area contributed by atoms with Gasteiger partial charge in [0, 0.05) is 42.3 Å². The highest BCUT2D eigenvalue weighted by Crippen LogP contribution is 2.41. The molecule has 5 rings (SSSR count). The molecule has 2 heterocycles. The van der Waals surface area contributed by atoms with Gasteiger partial charge in [-0.3, -0.25) is 14.3 Å². The summed E-state index contributed by atoms with van der Waals surface area (Å²) in [5.74, 6) is 0.312. The number of rotatable bonds is 10. The number of fused-ring (bicyclic) bond motifs is 1. The summed E-state index contributed by atoms with van der Waals surface area (Å²) in [7, 11) is 1.58. The molecule has 0 bridgehead atoms. The molecule has 0 saturated heterocycles. The number of aryl methyl sites for hydroxylation is 2. The van der Waals surface area contributed by atoms with Crippen LogP contribution in [-0.4, -0.2) is 39.2 Å². The fourth-order valence-corrected chi connectivity index (χ4v) is 6.58. The summed E-state index contributed by atoms with van der Waals surface area (Å²) in [4.78, 5) is 28.2. The highest BCUT2D eigenvalue weighted by atomic mass is 32.1. The Balaban J connectivity index is 1.29. The summed E-state index contributed by atoms with van der Waals surface area (Å²) in [5.41, 5.74) is 1.26. The fourth-order valence-electron chi connectivity index (χ4n) is 4.88. The zero-order valence-electron chi connectivity index (χ0n) is 20.0. The van der Waals surface area contributed by atoms with Crippen LogP contribution < -0.4 is 10.6 Å². The third-order valence-electron chi connectivity index (χ3n) is 7.24. The first kappa shape index (κ1) is 25.4. The SMILES string of the molecule is Cn1nc(C(F)F)cc1NC(=S)C[C@H]1CCc2sc(CC(=O)[C@H]3C[C@@H]3F)c(C(=O)NCC3CC3)c2C1. The first-order chi connectivity index (χ1) is 17.2. The molecule has 0 spiro atoms. The number of alkyl halides is 3. The summed E-state index contributed by atoms with van der Waals surface area (Å²) < 4.78 is 40.7. The van der Waals surface area contributed by atoms with Gasteiger partial charge < -0.3 is 10.6 Å². The summed E-state index contributed by atoms with van der Waals surface area (Å²) in [6.45, 7) is 0.634. The Kier molecular flexibility index (Phi) is 7.22. The number of halogens is 3. The van der Waals surface area contributed by atoms with Gasteiger partial charge in [-0.15, -0.1) is 11.3 Å². The van der Waals surface area contributed by atoms with Crippen LogP contribution in [0.5, 0.6) is 0 Å². The number of nitrogens with one attached hydrogen (secondary N) is 2. The van der Waals surface area contributed by atoms with E-state index < -0.39 is 18.5 Å². The molecule has 2 aromatic heterocycles. The van der Waals surface area contributed by atoms with Crippen molar-refractivity contribution < 1.29 is 22.8 Å². The molecular weight excluding hydrogens is 509 g/mol. The van der Waals surface area contributed by atoms with Crippen LogP contribution in [0.2, 0.25) is 0 Å². The molecule has 2 aromatic rings. The lowest BCUT2D eigenvalue weighted by atomic mass is 9.83. The van der Waals surface area contributed by atoms with Crippen molar-refractivity contribution in [2.24, 2.45) is 24.8 Å². The largest absolute Gasteiger partial charge is 0.352 e. The van der Waals surface area contributed by atoms with E-state index in [1.807, 2.05) is 0 Å². The van der Waals surface area contributed by atoms with E-state index in [-0.39, 0.29) is 36.1 Å². The van der Waals surface area contributed by atoms with Gasteiger partial charge in [-0.05, 0) is 55.9 Å². The van der Waals surface area contributed by atoms with Gasteiger partial charge in [-0.2, -0.15) is 5.10 Å². The molecular formula is C25H29F3N4O2S2. The molecule has 11 heteroatoms. The number of hydrogen-bond acceptors (Lipinski definition) is 5. The highest BCUT2D eigenvalue weighted by Gasteiger charge is 2.43. The van der Waals surface area contributed by atoms with Gasteiger partial charge in [0.25, 0.3) is 12.3 Å². The van der Waals surface area contributed by atoms with E-state index in [4.69, 9.17) is 12.2 Å². The summed E-state index contributed by atoms with van der Waals surface area (Å²) >= 11 is 7.03. The minimum absolute atomic E-state index is 0.104. The summed E-state index contributed by atoms with van der Waals surface area (Å²) in [5, 5.41) is 9.88. The third kappa shape index (κ3) is 5.66. The van der Waals surface area contributed by atoms with E-state index in [9.17, 15) is 22.8 Å². The number of carbonyl (C=O) groups is 2. The number of hydrogen-bond donors (Lipinski definition) is 2. The lowest BCUT2D eigenvalue weighted by molar-refractivity contribution is -0.119. The molecule has 0 aromatic carbocycles. The van der Waals surface area contributed by atoms with Crippen molar-refractivity contribution in [1.82, 2.24) is 15.1 Å². The number of amides is 1. The molecule has 2 fully saturated rings. The van der Waals surface area contributed by atoms with Crippen molar-refractivity contribution in [3.63, 3.8) is 0 Å². The number of ketones is 1. The average Bonchev–Trinajstić information content (AvgIpc) is 3.72.